The first-order valence-corrected chi connectivity index (χ1v) is 4.72. The molecule has 0 saturated carbocycles. The smallest absolute Gasteiger partial charge is 0.177 e. The summed E-state index contributed by atoms with van der Waals surface area (Å²) in [7, 11) is 0. The van der Waals surface area contributed by atoms with Crippen molar-refractivity contribution in [3.05, 3.63) is 35.4 Å². The van der Waals surface area contributed by atoms with Crippen molar-refractivity contribution in [2.24, 2.45) is 16.7 Å². The molecule has 1 rings (SSSR count). The van der Waals surface area contributed by atoms with Crippen LogP contribution in [-0.2, 0) is 5.75 Å². The second-order valence-electron chi connectivity index (χ2n) is 2.50. The van der Waals surface area contributed by atoms with Crippen molar-refractivity contribution in [1.82, 2.24) is 0 Å². The zero-order valence-electron chi connectivity index (χ0n) is 7.21. The van der Waals surface area contributed by atoms with Crippen LogP contribution in [0.25, 0.3) is 0 Å². The molecule has 0 bridgehead atoms. The van der Waals surface area contributed by atoms with Crippen LogP contribution in [0, 0.1) is 11.6 Å². The van der Waals surface area contributed by atoms with E-state index >= 15 is 0 Å². The molecule has 0 saturated heterocycles. The van der Waals surface area contributed by atoms with Crippen molar-refractivity contribution in [3.8, 4) is 0 Å². The molecule has 0 unspecified atom stereocenters. The summed E-state index contributed by atoms with van der Waals surface area (Å²) in [6, 6.07) is 3.67. The van der Waals surface area contributed by atoms with E-state index in [0.717, 1.165) is 23.9 Å². The fourth-order valence-corrected chi connectivity index (χ4v) is 1.39. The molecule has 76 valence electrons. The fourth-order valence-electron chi connectivity index (χ4n) is 0.824. The fraction of sp³-hybridized carbons (Fsp3) is 0.125. The normalized spacial score (nSPS) is 11.7. The van der Waals surface area contributed by atoms with Gasteiger partial charge in [-0.2, -0.15) is 5.10 Å². The Bertz CT molecular complexity index is 354. The molecule has 1 aromatic carbocycles. The number of thioether (sulfide) groups is 1. The van der Waals surface area contributed by atoms with Crippen molar-refractivity contribution < 1.29 is 8.78 Å². The monoisotopic (exact) mass is 217 g/mol. The molecule has 0 spiro atoms. The van der Waals surface area contributed by atoms with Crippen molar-refractivity contribution in [1.29, 1.82) is 0 Å². The van der Waals surface area contributed by atoms with E-state index in [1.807, 2.05) is 0 Å². The third-order valence-corrected chi connectivity index (χ3v) is 2.38. The van der Waals surface area contributed by atoms with E-state index in [1.54, 1.807) is 0 Å². The quantitative estimate of drug-likeness (QED) is 0.340. The summed E-state index contributed by atoms with van der Waals surface area (Å²) in [6.07, 6.45) is 0. The maximum atomic E-state index is 12.7. The Hall–Kier alpha value is -1.30. The molecule has 0 radical (unpaired) electrons. The number of hydrogen-bond donors (Lipinski definition) is 2. The summed E-state index contributed by atoms with van der Waals surface area (Å²) in [5, 5.41) is 3.44. The first-order valence-electron chi connectivity index (χ1n) is 3.73. The molecule has 1 aromatic rings. The van der Waals surface area contributed by atoms with Crippen LogP contribution in [0.15, 0.2) is 23.3 Å². The highest BCUT2D eigenvalue weighted by molar-refractivity contribution is 8.13. The van der Waals surface area contributed by atoms with Crippen LogP contribution in [0.3, 0.4) is 0 Å². The molecule has 0 aliphatic heterocycles. The number of rotatable bonds is 2. The Morgan fingerprint density at radius 3 is 2.64 bits per heavy atom. The Morgan fingerprint density at radius 1 is 1.36 bits per heavy atom. The summed E-state index contributed by atoms with van der Waals surface area (Å²) in [5.41, 5.74) is 5.93. The second kappa shape index (κ2) is 4.80. The number of hydrogen-bond acceptors (Lipinski definition) is 3. The average Bonchev–Trinajstić information content (AvgIpc) is 2.19. The summed E-state index contributed by atoms with van der Waals surface area (Å²) in [4.78, 5) is 0. The van der Waals surface area contributed by atoms with Gasteiger partial charge in [-0.15, -0.1) is 0 Å². The zero-order valence-corrected chi connectivity index (χ0v) is 8.02. The van der Waals surface area contributed by atoms with Gasteiger partial charge in [-0.05, 0) is 17.7 Å². The molecule has 0 aromatic heterocycles. The van der Waals surface area contributed by atoms with Crippen LogP contribution in [0.1, 0.15) is 5.56 Å². The average molecular weight is 217 g/mol. The lowest BCUT2D eigenvalue weighted by atomic mass is 10.2. The molecule has 0 amide bonds. The molecule has 0 heterocycles. The van der Waals surface area contributed by atoms with E-state index in [0.29, 0.717) is 11.3 Å². The van der Waals surface area contributed by atoms with E-state index in [9.17, 15) is 8.78 Å². The predicted octanol–water partition coefficient (Wildman–Crippen LogP) is 1.39. The van der Waals surface area contributed by atoms with Crippen molar-refractivity contribution in [2.45, 2.75) is 5.75 Å². The Kier molecular flexibility index (Phi) is 3.70. The van der Waals surface area contributed by atoms with Gasteiger partial charge in [-0.25, -0.2) is 8.78 Å². The highest BCUT2D eigenvalue weighted by Gasteiger charge is 2.03. The molecule has 0 aliphatic carbocycles. The molecule has 0 atom stereocenters. The predicted molar refractivity (Wildman–Crippen MR) is 53.5 cm³/mol. The van der Waals surface area contributed by atoms with Gasteiger partial charge in [0.25, 0.3) is 0 Å². The number of amidine groups is 1. The van der Waals surface area contributed by atoms with Crippen LogP contribution in [0.2, 0.25) is 0 Å². The maximum Gasteiger partial charge on any atom is 0.177 e. The minimum absolute atomic E-state index is 0.203. The van der Waals surface area contributed by atoms with Crippen LogP contribution < -0.4 is 11.6 Å². The molecule has 0 fully saturated rings. The maximum absolute atomic E-state index is 12.7. The lowest BCUT2D eigenvalue weighted by molar-refractivity contribution is 0.507. The number of hydrazone groups is 1. The number of halogens is 2. The zero-order chi connectivity index (χ0) is 10.6. The van der Waals surface area contributed by atoms with Crippen LogP contribution in [0.5, 0.6) is 0 Å². The highest BCUT2D eigenvalue weighted by atomic mass is 32.2. The van der Waals surface area contributed by atoms with Gasteiger partial charge in [0, 0.05) is 5.75 Å². The van der Waals surface area contributed by atoms with E-state index in [-0.39, 0.29) is 5.17 Å². The molecule has 6 heteroatoms. The number of benzene rings is 1. The third kappa shape index (κ3) is 2.88. The summed E-state index contributed by atoms with van der Waals surface area (Å²) in [5.74, 6) is 3.57. The van der Waals surface area contributed by atoms with Crippen LogP contribution >= 0.6 is 11.8 Å². The van der Waals surface area contributed by atoms with Crippen molar-refractivity contribution >= 4 is 16.9 Å². The van der Waals surface area contributed by atoms with E-state index in [1.165, 1.54) is 6.07 Å². The first-order chi connectivity index (χ1) is 6.63. The standard InChI is InChI=1S/C8H9F2N3S/c9-6-2-1-5(3-7(6)10)4-14-8(11)13-12/h1-3H,4,12H2,(H2,11,13). The third-order valence-electron chi connectivity index (χ3n) is 1.50. The van der Waals surface area contributed by atoms with Gasteiger partial charge < -0.3 is 11.6 Å². The number of nitrogens with two attached hydrogens (primary N) is 2. The molecule has 4 N–H and O–H groups in total. The van der Waals surface area contributed by atoms with E-state index in [4.69, 9.17) is 11.6 Å². The number of nitrogens with zero attached hydrogens (tertiary/aromatic N) is 1. The van der Waals surface area contributed by atoms with Gasteiger partial charge in [-0.1, -0.05) is 17.8 Å². The van der Waals surface area contributed by atoms with Gasteiger partial charge >= 0.3 is 0 Å². The van der Waals surface area contributed by atoms with Crippen LogP contribution in [0.4, 0.5) is 8.78 Å². The van der Waals surface area contributed by atoms with Gasteiger partial charge in [0.2, 0.25) is 0 Å². The Balaban J connectivity index is 2.64. The Labute approximate surface area is 84.2 Å². The summed E-state index contributed by atoms with van der Waals surface area (Å²) in [6.45, 7) is 0. The van der Waals surface area contributed by atoms with E-state index in [2.05, 4.69) is 5.10 Å². The first kappa shape index (κ1) is 10.8. The highest BCUT2D eigenvalue weighted by Crippen LogP contribution is 2.14. The lowest BCUT2D eigenvalue weighted by Gasteiger charge is -2.00. The molecule has 0 aliphatic rings. The SMILES string of the molecule is N/N=C(/N)SCc1ccc(F)c(F)c1. The largest absolute Gasteiger partial charge is 0.377 e. The van der Waals surface area contributed by atoms with Gasteiger partial charge in [0.05, 0.1) is 0 Å². The topological polar surface area (TPSA) is 64.4 Å². The minimum Gasteiger partial charge on any atom is -0.377 e. The van der Waals surface area contributed by atoms with Crippen molar-refractivity contribution in [2.75, 3.05) is 0 Å². The molecule has 14 heavy (non-hydrogen) atoms. The van der Waals surface area contributed by atoms with Crippen LogP contribution in [-0.4, -0.2) is 5.17 Å². The second-order valence-corrected chi connectivity index (χ2v) is 3.50. The van der Waals surface area contributed by atoms with E-state index < -0.39 is 11.6 Å². The Morgan fingerprint density at radius 2 is 2.07 bits per heavy atom. The lowest BCUT2D eigenvalue weighted by Crippen LogP contribution is -2.09. The minimum atomic E-state index is -0.869. The molecular formula is C8H9F2N3S. The molecular weight excluding hydrogens is 208 g/mol. The summed E-state index contributed by atoms with van der Waals surface area (Å²) >= 11 is 1.16. The van der Waals surface area contributed by atoms with Gasteiger partial charge in [0.1, 0.15) is 0 Å². The van der Waals surface area contributed by atoms with Gasteiger partial charge in [-0.3, -0.25) is 0 Å². The molecule has 3 nitrogen and oxygen atoms in total. The van der Waals surface area contributed by atoms with Crippen molar-refractivity contribution in [3.63, 3.8) is 0 Å². The van der Waals surface area contributed by atoms with Gasteiger partial charge in [0.15, 0.2) is 16.8 Å². The summed E-state index contributed by atoms with van der Waals surface area (Å²) < 4.78 is 25.2.